The van der Waals surface area contributed by atoms with Gasteiger partial charge in [-0.25, -0.2) is 4.39 Å². The Balaban J connectivity index is 2.93. The van der Waals surface area contributed by atoms with E-state index in [4.69, 9.17) is 11.6 Å². The van der Waals surface area contributed by atoms with Crippen LogP contribution in [0.5, 0.6) is 0 Å². The summed E-state index contributed by atoms with van der Waals surface area (Å²) in [5, 5.41) is 3.58. The fourth-order valence-corrected chi connectivity index (χ4v) is 2.20. The van der Waals surface area contributed by atoms with Crippen LogP contribution in [-0.4, -0.2) is 13.1 Å². The minimum atomic E-state index is -0.275. The number of halogens is 2. The molecule has 1 N–H and O–H groups in total. The fourth-order valence-electron chi connectivity index (χ4n) is 2.00. The molecule has 0 spiro atoms. The smallest absolute Gasteiger partial charge is 0.144 e. The Hall–Kier alpha value is -0.600. The molecule has 102 valence electrons. The molecule has 0 bridgehead atoms. The standard InChI is InChI=1S/C15H23ClFN/c1-5-18-10-15(4,11(2)3)9-12-7-6-8-13(16)14(12)17/h6-8,11,18H,5,9-10H2,1-4H3. The molecular formula is C15H23ClFN. The Morgan fingerprint density at radius 3 is 2.61 bits per heavy atom. The van der Waals surface area contributed by atoms with Crippen LogP contribution in [-0.2, 0) is 6.42 Å². The maximum Gasteiger partial charge on any atom is 0.144 e. The number of benzene rings is 1. The van der Waals surface area contributed by atoms with Crippen LogP contribution < -0.4 is 5.32 Å². The van der Waals surface area contributed by atoms with Crippen LogP contribution in [0.3, 0.4) is 0 Å². The zero-order valence-electron chi connectivity index (χ0n) is 11.7. The summed E-state index contributed by atoms with van der Waals surface area (Å²) in [6, 6.07) is 5.24. The summed E-state index contributed by atoms with van der Waals surface area (Å²) in [6.45, 7) is 10.5. The maximum absolute atomic E-state index is 14.0. The van der Waals surface area contributed by atoms with Crippen molar-refractivity contribution in [1.29, 1.82) is 0 Å². The molecule has 0 radical (unpaired) electrons. The van der Waals surface area contributed by atoms with E-state index in [0.29, 0.717) is 17.9 Å². The van der Waals surface area contributed by atoms with Gasteiger partial charge in [-0.2, -0.15) is 0 Å². The summed E-state index contributed by atoms with van der Waals surface area (Å²) in [7, 11) is 0. The second kappa shape index (κ2) is 6.53. The highest BCUT2D eigenvalue weighted by Gasteiger charge is 2.29. The van der Waals surface area contributed by atoms with E-state index in [0.717, 1.165) is 13.1 Å². The van der Waals surface area contributed by atoms with Crippen molar-refractivity contribution in [3.05, 3.63) is 34.6 Å². The molecule has 0 saturated heterocycles. The molecule has 0 amide bonds. The maximum atomic E-state index is 14.0. The van der Waals surface area contributed by atoms with Gasteiger partial charge < -0.3 is 5.32 Å². The first-order chi connectivity index (χ1) is 8.40. The summed E-state index contributed by atoms with van der Waals surface area (Å²) >= 11 is 5.84. The molecule has 1 aromatic rings. The van der Waals surface area contributed by atoms with Crippen LogP contribution in [0.4, 0.5) is 4.39 Å². The molecule has 18 heavy (non-hydrogen) atoms. The Bertz CT molecular complexity index is 392. The first-order valence-electron chi connectivity index (χ1n) is 6.54. The van der Waals surface area contributed by atoms with E-state index in [-0.39, 0.29) is 16.3 Å². The van der Waals surface area contributed by atoms with Gasteiger partial charge in [-0.05, 0) is 35.9 Å². The number of hydrogen-bond donors (Lipinski definition) is 1. The molecule has 0 aromatic heterocycles. The molecule has 0 heterocycles. The zero-order valence-corrected chi connectivity index (χ0v) is 12.4. The van der Waals surface area contributed by atoms with Crippen LogP contribution in [0, 0.1) is 17.2 Å². The second-order valence-electron chi connectivity index (χ2n) is 5.48. The Morgan fingerprint density at radius 2 is 2.06 bits per heavy atom. The SMILES string of the molecule is CCNCC(C)(Cc1cccc(Cl)c1F)C(C)C. The van der Waals surface area contributed by atoms with E-state index in [1.54, 1.807) is 6.07 Å². The lowest BCUT2D eigenvalue weighted by molar-refractivity contribution is 0.207. The van der Waals surface area contributed by atoms with Crippen molar-refractivity contribution < 1.29 is 4.39 Å². The molecular weight excluding hydrogens is 249 g/mol. The lowest BCUT2D eigenvalue weighted by Gasteiger charge is -2.34. The van der Waals surface area contributed by atoms with Crippen molar-refractivity contribution in [2.24, 2.45) is 11.3 Å². The highest BCUT2D eigenvalue weighted by atomic mass is 35.5. The first kappa shape index (κ1) is 15.5. The average Bonchev–Trinajstić information content (AvgIpc) is 2.32. The van der Waals surface area contributed by atoms with Crippen molar-refractivity contribution in [2.45, 2.75) is 34.1 Å². The molecule has 1 nitrogen and oxygen atoms in total. The van der Waals surface area contributed by atoms with Crippen LogP contribution in [0.2, 0.25) is 5.02 Å². The zero-order chi connectivity index (χ0) is 13.8. The Kier molecular flexibility index (Phi) is 5.61. The monoisotopic (exact) mass is 271 g/mol. The first-order valence-corrected chi connectivity index (χ1v) is 6.92. The van der Waals surface area contributed by atoms with Crippen LogP contribution in [0.25, 0.3) is 0 Å². The van der Waals surface area contributed by atoms with Gasteiger partial charge in [0.05, 0.1) is 5.02 Å². The normalized spacial score (nSPS) is 14.8. The van der Waals surface area contributed by atoms with Gasteiger partial charge in [0.15, 0.2) is 0 Å². The van der Waals surface area contributed by atoms with Gasteiger partial charge in [0.1, 0.15) is 5.82 Å². The third-order valence-corrected chi connectivity index (χ3v) is 4.09. The van der Waals surface area contributed by atoms with Crippen molar-refractivity contribution in [1.82, 2.24) is 5.32 Å². The molecule has 1 atom stereocenters. The van der Waals surface area contributed by atoms with E-state index in [1.165, 1.54) is 0 Å². The summed E-state index contributed by atoms with van der Waals surface area (Å²) < 4.78 is 14.0. The van der Waals surface area contributed by atoms with E-state index in [1.807, 2.05) is 12.1 Å². The van der Waals surface area contributed by atoms with Crippen molar-refractivity contribution >= 4 is 11.6 Å². The fraction of sp³-hybridized carbons (Fsp3) is 0.600. The molecule has 0 aliphatic carbocycles. The third-order valence-electron chi connectivity index (χ3n) is 3.80. The largest absolute Gasteiger partial charge is 0.316 e. The predicted molar refractivity (Wildman–Crippen MR) is 76.6 cm³/mol. The van der Waals surface area contributed by atoms with Crippen molar-refractivity contribution in [2.75, 3.05) is 13.1 Å². The highest BCUT2D eigenvalue weighted by Crippen LogP contribution is 2.32. The van der Waals surface area contributed by atoms with E-state index >= 15 is 0 Å². The van der Waals surface area contributed by atoms with Gasteiger partial charge in [-0.3, -0.25) is 0 Å². The Morgan fingerprint density at radius 1 is 1.39 bits per heavy atom. The lowest BCUT2D eigenvalue weighted by atomic mass is 9.74. The molecule has 0 fully saturated rings. The summed E-state index contributed by atoms with van der Waals surface area (Å²) in [5.74, 6) is 0.192. The molecule has 1 aromatic carbocycles. The van der Waals surface area contributed by atoms with Crippen LogP contribution in [0.1, 0.15) is 33.3 Å². The number of hydrogen-bond acceptors (Lipinski definition) is 1. The molecule has 0 aliphatic rings. The van der Waals surface area contributed by atoms with Crippen LogP contribution in [0.15, 0.2) is 18.2 Å². The van der Waals surface area contributed by atoms with Gasteiger partial charge in [0.2, 0.25) is 0 Å². The second-order valence-corrected chi connectivity index (χ2v) is 5.89. The van der Waals surface area contributed by atoms with Crippen molar-refractivity contribution in [3.8, 4) is 0 Å². The predicted octanol–water partition coefficient (Wildman–Crippen LogP) is 4.29. The van der Waals surface area contributed by atoms with Crippen LogP contribution >= 0.6 is 11.6 Å². The molecule has 0 aliphatic heterocycles. The summed E-state index contributed by atoms with van der Waals surface area (Å²) in [6.07, 6.45) is 0.698. The summed E-state index contributed by atoms with van der Waals surface area (Å²) in [4.78, 5) is 0. The molecule has 0 saturated carbocycles. The van der Waals surface area contributed by atoms with Crippen molar-refractivity contribution in [3.63, 3.8) is 0 Å². The Labute approximate surface area is 115 Å². The van der Waals surface area contributed by atoms with Gasteiger partial charge >= 0.3 is 0 Å². The highest BCUT2D eigenvalue weighted by molar-refractivity contribution is 6.30. The summed E-state index contributed by atoms with van der Waals surface area (Å²) in [5.41, 5.74) is 0.734. The third kappa shape index (κ3) is 3.69. The average molecular weight is 272 g/mol. The quantitative estimate of drug-likeness (QED) is 0.814. The van der Waals surface area contributed by atoms with E-state index < -0.39 is 0 Å². The van der Waals surface area contributed by atoms with Gasteiger partial charge in [-0.15, -0.1) is 0 Å². The van der Waals surface area contributed by atoms with E-state index in [9.17, 15) is 4.39 Å². The molecule has 3 heteroatoms. The number of rotatable bonds is 6. The minimum Gasteiger partial charge on any atom is -0.316 e. The van der Waals surface area contributed by atoms with E-state index in [2.05, 4.69) is 33.0 Å². The number of nitrogens with one attached hydrogen (secondary N) is 1. The van der Waals surface area contributed by atoms with Gasteiger partial charge in [0, 0.05) is 6.54 Å². The minimum absolute atomic E-state index is 0.0293. The van der Waals surface area contributed by atoms with Gasteiger partial charge in [0.25, 0.3) is 0 Å². The topological polar surface area (TPSA) is 12.0 Å². The molecule has 1 rings (SSSR count). The van der Waals surface area contributed by atoms with Gasteiger partial charge in [-0.1, -0.05) is 51.4 Å². The lowest BCUT2D eigenvalue weighted by Crippen LogP contribution is -2.38. The molecule has 1 unspecified atom stereocenters.